The number of aromatic amines is 2. The zero-order chi connectivity index (χ0) is 13.9. The Kier molecular flexibility index (Phi) is 3.26. The fourth-order valence-corrected chi connectivity index (χ4v) is 2.21. The third-order valence-corrected chi connectivity index (χ3v) is 3.25. The molecule has 7 heteroatoms. The highest BCUT2D eigenvalue weighted by Crippen LogP contribution is 2.13. The first-order valence-corrected chi connectivity index (χ1v) is 6.43. The number of nitrogens with zero attached hydrogens (tertiary/aromatic N) is 4. The molecule has 0 aliphatic carbocycles. The maximum Gasteiger partial charge on any atom is 0.245 e. The molecule has 20 heavy (non-hydrogen) atoms. The maximum atomic E-state index is 5.48. The van der Waals surface area contributed by atoms with Crippen molar-refractivity contribution in [1.82, 2.24) is 25.0 Å². The molecule has 2 heterocycles. The highest BCUT2D eigenvalue weighted by atomic mass is 32.1. The van der Waals surface area contributed by atoms with Crippen LogP contribution in [0.5, 0.6) is 0 Å². The predicted octanol–water partition coefficient (Wildman–Crippen LogP) is 2.71. The monoisotopic (exact) mass is 284 g/mol. The third kappa shape index (κ3) is 2.30. The van der Waals surface area contributed by atoms with Crippen LogP contribution in [0.25, 0.3) is 5.69 Å². The van der Waals surface area contributed by atoms with Crippen molar-refractivity contribution >= 4 is 24.4 Å². The van der Waals surface area contributed by atoms with E-state index in [2.05, 4.69) is 25.3 Å². The normalized spacial score (nSPS) is 11.2. The van der Waals surface area contributed by atoms with Crippen LogP contribution in [0.1, 0.15) is 11.3 Å². The van der Waals surface area contributed by atoms with Gasteiger partial charge in [0, 0.05) is 11.9 Å². The zero-order valence-electron chi connectivity index (χ0n) is 10.7. The number of rotatable bonds is 3. The van der Waals surface area contributed by atoms with E-state index < -0.39 is 0 Å². The van der Waals surface area contributed by atoms with Crippen molar-refractivity contribution in [3.05, 3.63) is 52.6 Å². The minimum absolute atomic E-state index is 0.450. The Labute approximate surface area is 120 Å². The van der Waals surface area contributed by atoms with Crippen LogP contribution in [0.2, 0.25) is 0 Å². The molecule has 0 saturated carbocycles. The second-order valence-corrected chi connectivity index (χ2v) is 4.58. The SMILES string of the molecule is Cc1[nH]n(-c2ccccc2)c(=S)c1C=Nc1ncn[nH]1. The van der Waals surface area contributed by atoms with Crippen LogP contribution in [-0.2, 0) is 0 Å². The number of aliphatic imine (C=N–C) groups is 1. The molecule has 2 aromatic heterocycles. The Balaban J connectivity index is 2.02. The Morgan fingerprint density at radius 1 is 1.30 bits per heavy atom. The number of benzene rings is 1. The van der Waals surface area contributed by atoms with Crippen molar-refractivity contribution in [1.29, 1.82) is 0 Å². The average Bonchev–Trinajstić information content (AvgIpc) is 3.07. The standard InChI is InChI=1S/C13H12N6S/c1-9-11(7-14-13-15-8-16-17-13)12(20)19(18-9)10-5-3-2-4-6-10/h2-8,18H,1H3,(H,15,16,17). The summed E-state index contributed by atoms with van der Waals surface area (Å²) in [5, 5.41) is 9.65. The molecule has 0 aliphatic heterocycles. The van der Waals surface area contributed by atoms with Gasteiger partial charge < -0.3 is 0 Å². The van der Waals surface area contributed by atoms with Gasteiger partial charge in [0.2, 0.25) is 5.95 Å². The van der Waals surface area contributed by atoms with E-state index in [1.807, 2.05) is 41.9 Å². The Morgan fingerprint density at radius 3 is 2.80 bits per heavy atom. The summed E-state index contributed by atoms with van der Waals surface area (Å²) >= 11 is 5.48. The highest BCUT2D eigenvalue weighted by Gasteiger charge is 2.07. The number of nitrogens with one attached hydrogen (secondary N) is 2. The summed E-state index contributed by atoms with van der Waals surface area (Å²) in [7, 11) is 0. The number of aromatic nitrogens is 5. The van der Waals surface area contributed by atoms with Gasteiger partial charge in [0.05, 0.1) is 11.3 Å². The van der Waals surface area contributed by atoms with Gasteiger partial charge in [0.1, 0.15) is 11.0 Å². The van der Waals surface area contributed by atoms with Gasteiger partial charge in [-0.05, 0) is 19.1 Å². The molecule has 2 N–H and O–H groups in total. The van der Waals surface area contributed by atoms with E-state index in [0.29, 0.717) is 10.6 Å². The lowest BCUT2D eigenvalue weighted by Crippen LogP contribution is -1.95. The average molecular weight is 284 g/mol. The number of hydrogen-bond donors (Lipinski definition) is 2. The third-order valence-electron chi connectivity index (χ3n) is 2.85. The Bertz CT molecular complexity index is 782. The molecule has 3 rings (SSSR count). The first-order chi connectivity index (χ1) is 9.75. The van der Waals surface area contributed by atoms with Gasteiger partial charge in [0.15, 0.2) is 0 Å². The fraction of sp³-hybridized carbons (Fsp3) is 0.0769. The van der Waals surface area contributed by atoms with E-state index in [9.17, 15) is 0 Å². The molecule has 100 valence electrons. The smallest absolute Gasteiger partial charge is 0.245 e. The second kappa shape index (κ2) is 5.22. The van der Waals surface area contributed by atoms with Crippen LogP contribution in [0.15, 0.2) is 41.7 Å². The zero-order valence-corrected chi connectivity index (χ0v) is 11.6. The minimum atomic E-state index is 0.450. The molecule has 0 spiro atoms. The molecule has 0 saturated heterocycles. The molecule has 0 atom stereocenters. The van der Waals surface area contributed by atoms with Crippen molar-refractivity contribution in [2.45, 2.75) is 6.92 Å². The summed E-state index contributed by atoms with van der Waals surface area (Å²) < 4.78 is 2.53. The molecule has 0 fully saturated rings. The van der Waals surface area contributed by atoms with E-state index in [1.165, 1.54) is 6.33 Å². The van der Waals surface area contributed by atoms with Crippen LogP contribution < -0.4 is 0 Å². The maximum absolute atomic E-state index is 5.48. The van der Waals surface area contributed by atoms with Crippen LogP contribution in [0.4, 0.5) is 5.95 Å². The number of H-pyrrole nitrogens is 2. The lowest BCUT2D eigenvalue weighted by molar-refractivity contribution is 0.853. The number of para-hydroxylation sites is 1. The van der Waals surface area contributed by atoms with Crippen LogP contribution in [-0.4, -0.2) is 31.2 Å². The second-order valence-electron chi connectivity index (χ2n) is 4.19. The van der Waals surface area contributed by atoms with E-state index >= 15 is 0 Å². The van der Waals surface area contributed by atoms with Crippen LogP contribution >= 0.6 is 12.2 Å². The largest absolute Gasteiger partial charge is 0.297 e. The molecular formula is C13H12N6S. The Hall–Kier alpha value is -2.54. The van der Waals surface area contributed by atoms with Crippen molar-refractivity contribution < 1.29 is 0 Å². The van der Waals surface area contributed by atoms with Gasteiger partial charge >= 0.3 is 0 Å². The van der Waals surface area contributed by atoms with Crippen molar-refractivity contribution in [3.8, 4) is 5.69 Å². The highest BCUT2D eigenvalue weighted by molar-refractivity contribution is 7.71. The van der Waals surface area contributed by atoms with E-state index in [-0.39, 0.29) is 0 Å². The van der Waals surface area contributed by atoms with E-state index in [1.54, 1.807) is 6.21 Å². The first-order valence-electron chi connectivity index (χ1n) is 6.02. The van der Waals surface area contributed by atoms with E-state index in [0.717, 1.165) is 16.9 Å². The summed E-state index contributed by atoms with van der Waals surface area (Å²) in [6, 6.07) is 9.88. The minimum Gasteiger partial charge on any atom is -0.297 e. The first kappa shape index (κ1) is 12.5. The molecule has 6 nitrogen and oxygen atoms in total. The lowest BCUT2D eigenvalue weighted by atomic mass is 10.3. The predicted molar refractivity (Wildman–Crippen MR) is 79.3 cm³/mol. The fourth-order valence-electron chi connectivity index (χ4n) is 1.86. The van der Waals surface area contributed by atoms with Gasteiger partial charge in [-0.25, -0.2) is 14.8 Å². The summed E-state index contributed by atoms with van der Waals surface area (Å²) in [5.41, 5.74) is 2.79. The lowest BCUT2D eigenvalue weighted by Gasteiger charge is -2.00. The van der Waals surface area contributed by atoms with Gasteiger partial charge in [0.25, 0.3) is 0 Å². The van der Waals surface area contributed by atoms with Crippen molar-refractivity contribution in [2.24, 2.45) is 4.99 Å². The molecule has 0 unspecified atom stereocenters. The number of hydrogen-bond acceptors (Lipinski definition) is 4. The van der Waals surface area contributed by atoms with Gasteiger partial charge in [-0.3, -0.25) is 5.10 Å². The summed E-state index contributed by atoms with van der Waals surface area (Å²) in [4.78, 5) is 8.15. The molecule has 3 aromatic rings. The summed E-state index contributed by atoms with van der Waals surface area (Å²) in [6.07, 6.45) is 3.10. The van der Waals surface area contributed by atoms with Gasteiger partial charge in [-0.2, -0.15) is 10.1 Å². The summed E-state index contributed by atoms with van der Waals surface area (Å²) in [6.45, 7) is 1.96. The van der Waals surface area contributed by atoms with Crippen LogP contribution in [0.3, 0.4) is 0 Å². The molecule has 0 amide bonds. The molecule has 0 bridgehead atoms. The number of aryl methyl sites for hydroxylation is 1. The molecule has 1 aromatic carbocycles. The van der Waals surface area contributed by atoms with Gasteiger partial charge in [-0.15, -0.1) is 0 Å². The van der Waals surface area contributed by atoms with Crippen LogP contribution in [0, 0.1) is 11.6 Å². The summed E-state index contributed by atoms with van der Waals surface area (Å²) in [5.74, 6) is 0.450. The quantitative estimate of drug-likeness (QED) is 0.573. The topological polar surface area (TPSA) is 74.7 Å². The van der Waals surface area contributed by atoms with E-state index in [4.69, 9.17) is 12.2 Å². The van der Waals surface area contributed by atoms with Gasteiger partial charge in [-0.1, -0.05) is 30.4 Å². The van der Waals surface area contributed by atoms with Crippen molar-refractivity contribution in [3.63, 3.8) is 0 Å². The Morgan fingerprint density at radius 2 is 2.10 bits per heavy atom. The molecule has 0 aliphatic rings. The molecular weight excluding hydrogens is 272 g/mol. The van der Waals surface area contributed by atoms with Crippen molar-refractivity contribution in [2.75, 3.05) is 0 Å². The molecule has 0 radical (unpaired) electrons.